The third-order valence-electron chi connectivity index (χ3n) is 4.28. The first-order chi connectivity index (χ1) is 10.5. The quantitative estimate of drug-likeness (QED) is 0.834. The van der Waals surface area contributed by atoms with Crippen molar-refractivity contribution in [2.45, 2.75) is 58.1 Å². The maximum Gasteiger partial charge on any atom is 0.410 e. The molecule has 2 aliphatic rings. The lowest BCUT2D eigenvalue weighted by Crippen LogP contribution is -2.50. The first-order valence-corrected chi connectivity index (χ1v) is 8.22. The molecule has 2 N–H and O–H groups in total. The van der Waals surface area contributed by atoms with Gasteiger partial charge in [0.1, 0.15) is 5.60 Å². The van der Waals surface area contributed by atoms with E-state index >= 15 is 0 Å². The van der Waals surface area contributed by atoms with Gasteiger partial charge in [-0.2, -0.15) is 5.10 Å². The van der Waals surface area contributed by atoms with Crippen molar-refractivity contribution in [1.82, 2.24) is 20.4 Å². The summed E-state index contributed by atoms with van der Waals surface area (Å²) in [6.45, 7) is 7.88. The molecule has 122 valence electrons. The molecule has 0 aromatic carbocycles. The van der Waals surface area contributed by atoms with E-state index in [1.807, 2.05) is 25.7 Å². The van der Waals surface area contributed by atoms with Gasteiger partial charge in [-0.15, -0.1) is 0 Å². The highest BCUT2D eigenvalue weighted by molar-refractivity contribution is 5.69. The lowest BCUT2D eigenvalue weighted by Gasteiger charge is -2.36. The van der Waals surface area contributed by atoms with E-state index in [0.717, 1.165) is 31.6 Å². The van der Waals surface area contributed by atoms with Crippen LogP contribution < -0.4 is 5.32 Å². The summed E-state index contributed by atoms with van der Waals surface area (Å²) in [5.74, 6) is 0. The number of H-pyrrole nitrogens is 1. The first kappa shape index (κ1) is 15.3. The average molecular weight is 306 g/mol. The number of piperazine rings is 1. The summed E-state index contributed by atoms with van der Waals surface area (Å²) in [6.07, 6.45) is 4.29. The first-order valence-electron chi connectivity index (χ1n) is 8.22. The second-order valence-electron chi connectivity index (χ2n) is 7.17. The number of nitrogens with one attached hydrogen (secondary N) is 2. The number of carbonyl (C=O) groups excluding carboxylic acids is 1. The van der Waals surface area contributed by atoms with E-state index < -0.39 is 5.60 Å². The van der Waals surface area contributed by atoms with Gasteiger partial charge in [-0.1, -0.05) is 0 Å². The molecule has 6 heteroatoms. The zero-order valence-corrected chi connectivity index (χ0v) is 13.7. The number of nitrogens with zero attached hydrogens (tertiary/aromatic N) is 2. The number of hydrogen-bond acceptors (Lipinski definition) is 4. The third-order valence-corrected chi connectivity index (χ3v) is 4.28. The van der Waals surface area contributed by atoms with Crippen LogP contribution in [0.15, 0.2) is 0 Å². The van der Waals surface area contributed by atoms with Crippen LogP contribution in [0.4, 0.5) is 4.79 Å². The number of carbonyl (C=O) groups is 1. The van der Waals surface area contributed by atoms with E-state index in [1.54, 1.807) is 0 Å². The molecule has 2 heterocycles. The van der Waals surface area contributed by atoms with E-state index in [0.29, 0.717) is 6.54 Å². The van der Waals surface area contributed by atoms with Crippen LogP contribution in [0.5, 0.6) is 0 Å². The molecule has 0 saturated carbocycles. The Morgan fingerprint density at radius 1 is 1.32 bits per heavy atom. The minimum Gasteiger partial charge on any atom is -0.444 e. The number of aromatic amines is 1. The topological polar surface area (TPSA) is 70.2 Å². The van der Waals surface area contributed by atoms with Gasteiger partial charge in [-0.05, 0) is 52.0 Å². The normalized spacial score (nSPS) is 22.3. The molecule has 0 radical (unpaired) electrons. The number of aryl methyl sites for hydroxylation is 1. The second-order valence-corrected chi connectivity index (χ2v) is 7.17. The van der Waals surface area contributed by atoms with Crippen molar-refractivity contribution in [2.75, 3.05) is 19.6 Å². The monoisotopic (exact) mass is 306 g/mol. The van der Waals surface area contributed by atoms with Crippen LogP contribution in [-0.4, -0.2) is 46.4 Å². The van der Waals surface area contributed by atoms with Crippen LogP contribution in [0.25, 0.3) is 0 Å². The number of aromatic nitrogens is 2. The molecule has 1 fully saturated rings. The fourth-order valence-electron chi connectivity index (χ4n) is 3.27. The molecule has 22 heavy (non-hydrogen) atoms. The molecule has 6 nitrogen and oxygen atoms in total. The van der Waals surface area contributed by atoms with Crippen LogP contribution in [0.2, 0.25) is 0 Å². The fourth-order valence-corrected chi connectivity index (χ4v) is 3.27. The highest BCUT2D eigenvalue weighted by atomic mass is 16.6. The largest absolute Gasteiger partial charge is 0.444 e. The van der Waals surface area contributed by atoms with E-state index in [2.05, 4.69) is 15.5 Å². The Bertz CT molecular complexity index is 547. The molecule has 1 saturated heterocycles. The number of hydrogen-bond donors (Lipinski definition) is 2. The average Bonchev–Trinajstić information content (AvgIpc) is 2.89. The standard InChI is InChI=1S/C16H26N4O2/c1-16(2,3)22-15(21)20-9-8-17-10-13(20)14-11-6-4-5-7-12(11)18-19-14/h13,17H,4-10H2,1-3H3,(H,18,19). The minimum absolute atomic E-state index is 0.0401. The van der Waals surface area contributed by atoms with Crippen LogP contribution in [0.3, 0.4) is 0 Å². The summed E-state index contributed by atoms with van der Waals surface area (Å²) >= 11 is 0. The van der Waals surface area contributed by atoms with Crippen LogP contribution in [0, 0.1) is 0 Å². The Kier molecular flexibility index (Phi) is 4.12. The Morgan fingerprint density at radius 2 is 2.09 bits per heavy atom. The molecule has 1 atom stereocenters. The van der Waals surface area contributed by atoms with E-state index in [-0.39, 0.29) is 12.1 Å². The fraction of sp³-hybridized carbons (Fsp3) is 0.750. The summed E-state index contributed by atoms with van der Waals surface area (Å²) in [7, 11) is 0. The molecule has 1 aromatic rings. The van der Waals surface area contributed by atoms with Crippen LogP contribution >= 0.6 is 0 Å². The van der Waals surface area contributed by atoms with Gasteiger partial charge in [0.15, 0.2) is 0 Å². The van der Waals surface area contributed by atoms with Crippen molar-refractivity contribution in [3.05, 3.63) is 17.0 Å². The van der Waals surface area contributed by atoms with Crippen molar-refractivity contribution in [3.8, 4) is 0 Å². The predicted octanol–water partition coefficient (Wildman–Crippen LogP) is 2.17. The molecule has 1 unspecified atom stereocenters. The van der Waals surface area contributed by atoms with Gasteiger partial charge in [0.2, 0.25) is 0 Å². The van der Waals surface area contributed by atoms with E-state index in [4.69, 9.17) is 4.74 Å². The smallest absolute Gasteiger partial charge is 0.410 e. The van der Waals surface area contributed by atoms with Gasteiger partial charge in [0, 0.05) is 25.3 Å². The predicted molar refractivity (Wildman–Crippen MR) is 83.8 cm³/mol. The molecule has 3 rings (SSSR count). The highest BCUT2D eigenvalue weighted by Gasteiger charge is 2.35. The number of rotatable bonds is 1. The zero-order chi connectivity index (χ0) is 15.7. The maximum absolute atomic E-state index is 12.5. The molecule has 0 bridgehead atoms. The van der Waals surface area contributed by atoms with Crippen molar-refractivity contribution in [2.24, 2.45) is 0 Å². The molecular formula is C16H26N4O2. The SMILES string of the molecule is CC(C)(C)OC(=O)N1CCNCC1c1n[nH]c2c1CCCC2. The Morgan fingerprint density at radius 3 is 2.86 bits per heavy atom. The highest BCUT2D eigenvalue weighted by Crippen LogP contribution is 2.30. The third kappa shape index (κ3) is 3.11. The number of ether oxygens (including phenoxy) is 1. The Balaban J connectivity index is 1.84. The van der Waals surface area contributed by atoms with Gasteiger partial charge >= 0.3 is 6.09 Å². The molecule has 1 aromatic heterocycles. The van der Waals surface area contributed by atoms with Gasteiger partial charge in [-0.3, -0.25) is 10.00 Å². The minimum atomic E-state index is -0.475. The summed E-state index contributed by atoms with van der Waals surface area (Å²) in [4.78, 5) is 14.4. The summed E-state index contributed by atoms with van der Waals surface area (Å²) in [5, 5.41) is 11.1. The van der Waals surface area contributed by atoms with Gasteiger partial charge < -0.3 is 10.1 Å². The van der Waals surface area contributed by atoms with Crippen molar-refractivity contribution in [1.29, 1.82) is 0 Å². The molecule has 1 aliphatic carbocycles. The maximum atomic E-state index is 12.5. The summed E-state index contributed by atoms with van der Waals surface area (Å²) < 4.78 is 5.57. The Labute approximate surface area is 131 Å². The molecule has 1 amide bonds. The van der Waals surface area contributed by atoms with Crippen molar-refractivity contribution in [3.63, 3.8) is 0 Å². The molecule has 1 aliphatic heterocycles. The summed E-state index contributed by atoms with van der Waals surface area (Å²) in [5.41, 5.74) is 3.11. The van der Waals surface area contributed by atoms with Crippen LogP contribution in [-0.2, 0) is 17.6 Å². The van der Waals surface area contributed by atoms with E-state index in [1.165, 1.54) is 24.1 Å². The van der Waals surface area contributed by atoms with E-state index in [9.17, 15) is 4.79 Å². The molecular weight excluding hydrogens is 280 g/mol. The van der Waals surface area contributed by atoms with Gasteiger partial charge in [0.25, 0.3) is 0 Å². The van der Waals surface area contributed by atoms with Crippen LogP contribution in [0.1, 0.15) is 56.6 Å². The Hall–Kier alpha value is -1.56. The van der Waals surface area contributed by atoms with Gasteiger partial charge in [-0.25, -0.2) is 4.79 Å². The zero-order valence-electron chi connectivity index (χ0n) is 13.7. The lowest BCUT2D eigenvalue weighted by atomic mass is 9.93. The van der Waals surface area contributed by atoms with Gasteiger partial charge in [0.05, 0.1) is 11.7 Å². The number of amides is 1. The van der Waals surface area contributed by atoms with Crippen molar-refractivity contribution < 1.29 is 9.53 Å². The second kappa shape index (κ2) is 5.91. The lowest BCUT2D eigenvalue weighted by molar-refractivity contribution is 0.0112. The van der Waals surface area contributed by atoms with Crippen molar-refractivity contribution >= 4 is 6.09 Å². The number of fused-ring (bicyclic) bond motifs is 1. The molecule has 0 spiro atoms. The summed E-state index contributed by atoms with van der Waals surface area (Å²) in [6, 6.07) is -0.0401.